The molecule has 0 bridgehead atoms. The van der Waals surface area contributed by atoms with Crippen molar-refractivity contribution in [2.24, 2.45) is 0 Å². The normalized spacial score (nSPS) is 14.9. The highest BCUT2D eigenvalue weighted by Crippen LogP contribution is 2.23. The molecule has 1 aliphatic heterocycles. The molecule has 3 rings (SSSR count). The monoisotopic (exact) mass is 318 g/mol. The van der Waals surface area contributed by atoms with E-state index in [0.29, 0.717) is 6.54 Å². The van der Waals surface area contributed by atoms with Gasteiger partial charge in [-0.2, -0.15) is 0 Å². The largest absolute Gasteiger partial charge is 0.381 e. The van der Waals surface area contributed by atoms with Crippen LogP contribution in [-0.4, -0.2) is 36.3 Å². The molecular weight excluding hydrogens is 300 g/mol. The van der Waals surface area contributed by atoms with E-state index in [1.165, 1.54) is 0 Å². The molecule has 0 saturated carbocycles. The second kappa shape index (κ2) is 6.94. The lowest BCUT2D eigenvalue weighted by Gasteiger charge is -2.26. The van der Waals surface area contributed by atoms with Gasteiger partial charge in [0.15, 0.2) is 0 Å². The molecule has 0 amide bonds. The van der Waals surface area contributed by atoms with Crippen LogP contribution in [0, 0.1) is 6.92 Å². The minimum Gasteiger partial charge on any atom is -0.381 e. The number of hydrogen-bond acceptors (Lipinski definition) is 5. The standard InChI is InChI=1S/C16H19ClN4O/c1-12-14(17)3-2-4-15(12)18-9-13-10-19-16(20-11-13)21-5-7-22-8-6-21/h2-4,10-11,18H,5-9H2,1H3. The Kier molecular flexibility index (Phi) is 4.75. The van der Waals surface area contributed by atoms with Crippen molar-refractivity contribution >= 4 is 23.2 Å². The van der Waals surface area contributed by atoms with Crippen LogP contribution in [-0.2, 0) is 11.3 Å². The van der Waals surface area contributed by atoms with Crippen LogP contribution in [0.5, 0.6) is 0 Å². The number of anilines is 2. The summed E-state index contributed by atoms with van der Waals surface area (Å²) >= 11 is 6.12. The summed E-state index contributed by atoms with van der Waals surface area (Å²) in [6.45, 7) is 5.84. The second-order valence-electron chi connectivity index (χ2n) is 5.26. The molecule has 2 heterocycles. The Balaban J connectivity index is 1.62. The van der Waals surface area contributed by atoms with Crippen molar-refractivity contribution in [3.63, 3.8) is 0 Å². The van der Waals surface area contributed by atoms with Crippen LogP contribution in [0.2, 0.25) is 5.02 Å². The predicted molar refractivity (Wildman–Crippen MR) is 88.6 cm³/mol. The van der Waals surface area contributed by atoms with Gasteiger partial charge in [-0.25, -0.2) is 9.97 Å². The maximum absolute atomic E-state index is 6.12. The van der Waals surface area contributed by atoms with Gasteiger partial charge in [-0.05, 0) is 24.6 Å². The van der Waals surface area contributed by atoms with Crippen LogP contribution in [0.25, 0.3) is 0 Å². The highest BCUT2D eigenvalue weighted by Gasteiger charge is 2.13. The molecule has 6 heteroatoms. The van der Waals surface area contributed by atoms with Crippen molar-refractivity contribution in [2.45, 2.75) is 13.5 Å². The van der Waals surface area contributed by atoms with E-state index in [0.717, 1.165) is 54.1 Å². The van der Waals surface area contributed by atoms with Gasteiger partial charge < -0.3 is 15.0 Å². The number of hydrogen-bond donors (Lipinski definition) is 1. The molecule has 0 radical (unpaired) electrons. The molecule has 22 heavy (non-hydrogen) atoms. The molecule has 5 nitrogen and oxygen atoms in total. The van der Waals surface area contributed by atoms with Crippen LogP contribution in [0.15, 0.2) is 30.6 Å². The summed E-state index contributed by atoms with van der Waals surface area (Å²) in [6, 6.07) is 5.85. The van der Waals surface area contributed by atoms with E-state index < -0.39 is 0 Å². The summed E-state index contributed by atoms with van der Waals surface area (Å²) in [5.74, 6) is 0.769. The zero-order valence-electron chi connectivity index (χ0n) is 12.6. The third-order valence-electron chi connectivity index (χ3n) is 3.74. The molecule has 1 saturated heterocycles. The van der Waals surface area contributed by atoms with Gasteiger partial charge in [0, 0.05) is 48.3 Å². The van der Waals surface area contributed by atoms with Crippen molar-refractivity contribution in [1.29, 1.82) is 0 Å². The fraction of sp³-hybridized carbons (Fsp3) is 0.375. The molecule has 116 valence electrons. The van der Waals surface area contributed by atoms with Crippen molar-refractivity contribution in [1.82, 2.24) is 9.97 Å². The third-order valence-corrected chi connectivity index (χ3v) is 4.15. The van der Waals surface area contributed by atoms with Crippen molar-refractivity contribution in [3.8, 4) is 0 Å². The van der Waals surface area contributed by atoms with Crippen molar-refractivity contribution in [2.75, 3.05) is 36.5 Å². The zero-order valence-corrected chi connectivity index (χ0v) is 13.3. The van der Waals surface area contributed by atoms with E-state index in [2.05, 4.69) is 20.2 Å². The average molecular weight is 319 g/mol. The van der Waals surface area contributed by atoms with E-state index in [1.54, 1.807) is 0 Å². The second-order valence-corrected chi connectivity index (χ2v) is 5.66. The Morgan fingerprint density at radius 3 is 2.68 bits per heavy atom. The first kappa shape index (κ1) is 15.1. The Morgan fingerprint density at radius 2 is 1.95 bits per heavy atom. The van der Waals surface area contributed by atoms with Crippen LogP contribution >= 0.6 is 11.6 Å². The minimum absolute atomic E-state index is 0.671. The number of halogens is 1. The number of ether oxygens (including phenoxy) is 1. The average Bonchev–Trinajstić information content (AvgIpc) is 2.57. The van der Waals surface area contributed by atoms with E-state index >= 15 is 0 Å². The van der Waals surface area contributed by atoms with Gasteiger partial charge in [-0.1, -0.05) is 17.7 Å². The highest BCUT2D eigenvalue weighted by atomic mass is 35.5. The number of nitrogens with one attached hydrogen (secondary N) is 1. The fourth-order valence-corrected chi connectivity index (χ4v) is 2.54. The molecule has 0 unspecified atom stereocenters. The van der Waals surface area contributed by atoms with Crippen molar-refractivity contribution in [3.05, 3.63) is 46.7 Å². The van der Waals surface area contributed by atoms with Gasteiger partial charge in [-0.15, -0.1) is 0 Å². The lowest BCUT2D eigenvalue weighted by atomic mass is 10.2. The summed E-state index contributed by atoms with van der Waals surface area (Å²) in [5, 5.41) is 4.14. The molecule has 1 N–H and O–H groups in total. The molecule has 1 fully saturated rings. The van der Waals surface area contributed by atoms with E-state index in [9.17, 15) is 0 Å². The van der Waals surface area contributed by atoms with Gasteiger partial charge in [0.25, 0.3) is 0 Å². The number of morpholine rings is 1. The number of nitrogens with zero attached hydrogens (tertiary/aromatic N) is 3. The van der Waals surface area contributed by atoms with Crippen LogP contribution in [0.4, 0.5) is 11.6 Å². The highest BCUT2D eigenvalue weighted by molar-refractivity contribution is 6.31. The third kappa shape index (κ3) is 3.48. The summed E-state index contributed by atoms with van der Waals surface area (Å²) in [6.07, 6.45) is 3.73. The van der Waals surface area contributed by atoms with Gasteiger partial charge in [-0.3, -0.25) is 0 Å². The number of benzene rings is 1. The summed E-state index contributed by atoms with van der Waals surface area (Å²) in [5.41, 5.74) is 3.12. The molecule has 0 atom stereocenters. The topological polar surface area (TPSA) is 50.3 Å². The first-order valence-corrected chi connectivity index (χ1v) is 7.74. The Morgan fingerprint density at radius 1 is 1.23 bits per heavy atom. The van der Waals surface area contributed by atoms with E-state index in [-0.39, 0.29) is 0 Å². The molecule has 0 aliphatic carbocycles. The van der Waals surface area contributed by atoms with Crippen LogP contribution in [0.1, 0.15) is 11.1 Å². The van der Waals surface area contributed by atoms with Crippen LogP contribution in [0.3, 0.4) is 0 Å². The Hall–Kier alpha value is -1.85. The fourth-order valence-electron chi connectivity index (χ4n) is 2.36. The van der Waals surface area contributed by atoms with E-state index in [4.69, 9.17) is 16.3 Å². The number of rotatable bonds is 4. The zero-order chi connectivity index (χ0) is 15.4. The van der Waals surface area contributed by atoms with E-state index in [1.807, 2.05) is 37.5 Å². The Labute approximate surface area is 135 Å². The van der Waals surface area contributed by atoms with Crippen molar-refractivity contribution < 1.29 is 4.74 Å². The maximum Gasteiger partial charge on any atom is 0.225 e. The van der Waals surface area contributed by atoms with Gasteiger partial charge in [0.2, 0.25) is 5.95 Å². The lowest BCUT2D eigenvalue weighted by molar-refractivity contribution is 0.122. The Bertz CT molecular complexity index is 627. The molecule has 2 aromatic rings. The summed E-state index contributed by atoms with van der Waals surface area (Å²) < 4.78 is 5.34. The van der Waals surface area contributed by atoms with Gasteiger partial charge >= 0.3 is 0 Å². The minimum atomic E-state index is 0.671. The SMILES string of the molecule is Cc1c(Cl)cccc1NCc1cnc(N2CCOCC2)nc1. The smallest absolute Gasteiger partial charge is 0.225 e. The summed E-state index contributed by atoms with van der Waals surface area (Å²) in [4.78, 5) is 11.0. The van der Waals surface area contributed by atoms with Crippen LogP contribution < -0.4 is 10.2 Å². The summed E-state index contributed by atoms with van der Waals surface area (Å²) in [7, 11) is 0. The first-order chi connectivity index (χ1) is 10.7. The molecule has 1 aromatic carbocycles. The maximum atomic E-state index is 6.12. The molecule has 1 aromatic heterocycles. The number of aromatic nitrogens is 2. The van der Waals surface area contributed by atoms with Gasteiger partial charge in [0.05, 0.1) is 13.2 Å². The molecule has 0 spiro atoms. The first-order valence-electron chi connectivity index (χ1n) is 7.36. The quantitative estimate of drug-likeness (QED) is 0.939. The molecule has 1 aliphatic rings. The predicted octanol–water partition coefficient (Wildman–Crippen LogP) is 2.89. The molecular formula is C16H19ClN4O. The lowest BCUT2D eigenvalue weighted by Crippen LogP contribution is -2.37. The van der Waals surface area contributed by atoms with Gasteiger partial charge in [0.1, 0.15) is 0 Å².